The lowest BCUT2D eigenvalue weighted by molar-refractivity contribution is -0.119. The van der Waals surface area contributed by atoms with Crippen molar-refractivity contribution in [2.45, 2.75) is 77.8 Å². The SMILES string of the molecule is CCC(=O)CC(Cc1cccc(C(C)=O)c1O)B(O)O.CCC(=O)CC1Cc2cccc(C(=O)O)c2OB1C. The second-order valence-corrected chi connectivity index (χ2v) is 9.83. The van der Waals surface area contributed by atoms with E-state index in [1.165, 1.54) is 13.0 Å². The van der Waals surface area contributed by atoms with Crippen molar-refractivity contribution in [3.8, 4) is 11.5 Å². The maximum atomic E-state index is 11.6. The number of benzene rings is 2. The van der Waals surface area contributed by atoms with Gasteiger partial charge in [0, 0.05) is 31.5 Å². The zero-order valence-corrected chi connectivity index (χ0v) is 22.8. The molecule has 0 spiro atoms. The molecule has 4 N–H and O–H groups in total. The van der Waals surface area contributed by atoms with E-state index >= 15 is 0 Å². The van der Waals surface area contributed by atoms with Gasteiger partial charge in [0.05, 0.1) is 11.1 Å². The van der Waals surface area contributed by atoms with Crippen molar-refractivity contribution in [2.24, 2.45) is 0 Å². The first-order chi connectivity index (χ1) is 18.4. The van der Waals surface area contributed by atoms with Gasteiger partial charge in [0.25, 0.3) is 0 Å². The minimum atomic E-state index is -1.65. The standard InChI is InChI=1S/C14H19BO5.C14H17BO4/c1-3-12(17)8-11(15(19)20)7-10-5-4-6-13(9(2)16)14(10)18;1-3-11(16)8-10-7-9-5-4-6-12(14(17)18)13(9)19-15(10)2/h4-6,11,18-20H,3,7-8H2,1-2H3;4-6,10H,3,7-8H2,1-2H3,(H,17,18). The minimum Gasteiger partial charge on any atom is -0.560 e. The average molecular weight is 538 g/mol. The van der Waals surface area contributed by atoms with Crippen LogP contribution >= 0.6 is 0 Å². The first-order valence-electron chi connectivity index (χ1n) is 13.1. The lowest BCUT2D eigenvalue weighted by Crippen LogP contribution is -2.33. The van der Waals surface area contributed by atoms with E-state index < -0.39 is 18.9 Å². The van der Waals surface area contributed by atoms with Crippen LogP contribution in [0, 0.1) is 0 Å². The number of carboxylic acid groups (broad SMARTS) is 1. The number of para-hydroxylation sites is 2. The highest BCUT2D eigenvalue weighted by atomic mass is 16.4. The molecule has 2 aromatic carbocycles. The highest BCUT2D eigenvalue weighted by molar-refractivity contribution is 6.53. The Bertz CT molecular complexity index is 1200. The van der Waals surface area contributed by atoms with Crippen LogP contribution in [0.2, 0.25) is 18.5 Å². The van der Waals surface area contributed by atoms with E-state index in [0.29, 0.717) is 37.0 Å². The number of aromatic hydroxyl groups is 1. The van der Waals surface area contributed by atoms with E-state index in [1.807, 2.05) is 19.8 Å². The van der Waals surface area contributed by atoms with Crippen LogP contribution in [0.5, 0.6) is 11.5 Å². The number of Topliss-reactive ketones (excluding diaryl/α,β-unsaturated/α-hetero) is 3. The molecule has 2 unspecified atom stereocenters. The third-order valence-electron chi connectivity index (χ3n) is 6.95. The van der Waals surface area contributed by atoms with Gasteiger partial charge in [-0.25, -0.2) is 4.79 Å². The third kappa shape index (κ3) is 8.80. The number of carbonyl (C=O) groups is 4. The third-order valence-corrected chi connectivity index (χ3v) is 6.95. The Kier molecular flexibility index (Phi) is 11.9. The van der Waals surface area contributed by atoms with E-state index in [0.717, 1.165) is 5.56 Å². The monoisotopic (exact) mass is 538 g/mol. The fourth-order valence-corrected chi connectivity index (χ4v) is 4.50. The second-order valence-electron chi connectivity index (χ2n) is 9.83. The summed E-state index contributed by atoms with van der Waals surface area (Å²) in [6, 6.07) is 9.87. The smallest absolute Gasteiger partial charge is 0.455 e. The zero-order valence-electron chi connectivity index (χ0n) is 22.8. The number of hydrogen-bond acceptors (Lipinski definition) is 8. The van der Waals surface area contributed by atoms with Crippen LogP contribution in [0.1, 0.15) is 78.3 Å². The summed E-state index contributed by atoms with van der Waals surface area (Å²) in [7, 11) is -1.65. The Morgan fingerprint density at radius 2 is 1.64 bits per heavy atom. The molecule has 2 atom stereocenters. The minimum absolute atomic E-state index is 0.0257. The lowest BCUT2D eigenvalue weighted by Gasteiger charge is -2.29. The van der Waals surface area contributed by atoms with Crippen LogP contribution in [0.4, 0.5) is 0 Å². The van der Waals surface area contributed by atoms with Crippen LogP contribution < -0.4 is 4.65 Å². The molecule has 0 amide bonds. The molecule has 0 radical (unpaired) electrons. The van der Waals surface area contributed by atoms with Crippen molar-refractivity contribution in [2.75, 3.05) is 0 Å². The number of carbonyl (C=O) groups excluding carboxylic acids is 3. The number of aromatic carboxylic acids is 1. The van der Waals surface area contributed by atoms with Crippen molar-refractivity contribution < 1.29 is 44.1 Å². The van der Waals surface area contributed by atoms with E-state index in [4.69, 9.17) is 9.76 Å². The summed E-state index contributed by atoms with van der Waals surface area (Å²) < 4.78 is 5.75. The van der Waals surface area contributed by atoms with Crippen molar-refractivity contribution in [3.63, 3.8) is 0 Å². The molecule has 208 valence electrons. The molecule has 39 heavy (non-hydrogen) atoms. The molecule has 9 nitrogen and oxygen atoms in total. The molecule has 1 aliphatic heterocycles. The molecule has 0 saturated carbocycles. The number of phenolic OH excluding ortho intramolecular Hbond substituents is 1. The van der Waals surface area contributed by atoms with Gasteiger partial charge in [-0.2, -0.15) is 0 Å². The zero-order chi connectivity index (χ0) is 29.3. The fourth-order valence-electron chi connectivity index (χ4n) is 4.50. The summed E-state index contributed by atoms with van der Waals surface area (Å²) >= 11 is 0. The molecular formula is C28H36B2O9. The molecule has 1 heterocycles. The van der Waals surface area contributed by atoms with Gasteiger partial charge in [-0.3, -0.25) is 14.4 Å². The Labute approximate surface area is 229 Å². The molecule has 2 aromatic rings. The lowest BCUT2D eigenvalue weighted by atomic mass is 9.53. The summed E-state index contributed by atoms with van der Waals surface area (Å²) in [5, 5.41) is 37.8. The molecule has 0 bridgehead atoms. The van der Waals surface area contributed by atoms with Gasteiger partial charge in [-0.1, -0.05) is 38.1 Å². The number of ketones is 3. The second kappa shape index (κ2) is 14.6. The van der Waals surface area contributed by atoms with Gasteiger partial charge < -0.3 is 24.9 Å². The quantitative estimate of drug-likeness (QED) is 0.245. The molecule has 3 rings (SSSR count). The molecule has 0 aliphatic carbocycles. The number of phenols is 1. The van der Waals surface area contributed by atoms with E-state index in [9.17, 15) is 34.3 Å². The molecule has 11 heteroatoms. The number of hydrogen-bond donors (Lipinski definition) is 4. The Hall–Kier alpha value is -3.43. The predicted molar refractivity (Wildman–Crippen MR) is 149 cm³/mol. The van der Waals surface area contributed by atoms with Gasteiger partial charge in [0.1, 0.15) is 23.1 Å². The van der Waals surface area contributed by atoms with Gasteiger partial charge in [0.2, 0.25) is 0 Å². The van der Waals surface area contributed by atoms with E-state index in [1.54, 1.807) is 31.2 Å². The van der Waals surface area contributed by atoms with E-state index in [2.05, 4.69) is 0 Å². The molecule has 0 aromatic heterocycles. The summed E-state index contributed by atoms with van der Waals surface area (Å²) in [5.41, 5.74) is 1.70. The average Bonchev–Trinajstić information content (AvgIpc) is 2.89. The number of fused-ring (bicyclic) bond motifs is 1. The van der Waals surface area contributed by atoms with Crippen LogP contribution in [0.15, 0.2) is 36.4 Å². The van der Waals surface area contributed by atoms with Crippen molar-refractivity contribution >= 4 is 37.4 Å². The summed E-state index contributed by atoms with van der Waals surface area (Å²) in [5.74, 6) is -1.37. The van der Waals surface area contributed by atoms with E-state index in [-0.39, 0.29) is 59.8 Å². The maximum Gasteiger partial charge on any atom is 0.455 e. The highest BCUT2D eigenvalue weighted by Crippen LogP contribution is 2.37. The van der Waals surface area contributed by atoms with Crippen molar-refractivity contribution in [1.29, 1.82) is 0 Å². The Morgan fingerprint density at radius 1 is 1.03 bits per heavy atom. The molecular weight excluding hydrogens is 502 g/mol. The van der Waals surface area contributed by atoms with Crippen LogP contribution in [-0.4, -0.2) is 57.6 Å². The summed E-state index contributed by atoms with van der Waals surface area (Å²) in [6.45, 7) is 6.67. The molecule has 0 fully saturated rings. The van der Waals surface area contributed by atoms with Gasteiger partial charge in [-0.05, 0) is 55.7 Å². The molecule has 1 aliphatic rings. The number of rotatable bonds is 11. The topological polar surface area (TPSA) is 158 Å². The predicted octanol–water partition coefficient (Wildman–Crippen LogP) is 4.03. The fraction of sp³-hybridized carbons (Fsp3) is 0.429. The molecule has 0 saturated heterocycles. The van der Waals surface area contributed by atoms with Gasteiger partial charge in [-0.15, -0.1) is 0 Å². The van der Waals surface area contributed by atoms with Crippen molar-refractivity contribution in [3.05, 3.63) is 58.7 Å². The van der Waals surface area contributed by atoms with Crippen molar-refractivity contribution in [1.82, 2.24) is 0 Å². The van der Waals surface area contributed by atoms with Crippen LogP contribution in [-0.2, 0) is 22.4 Å². The summed E-state index contributed by atoms with van der Waals surface area (Å²) in [6.07, 6.45) is 2.19. The van der Waals surface area contributed by atoms with Gasteiger partial charge >= 0.3 is 20.0 Å². The maximum absolute atomic E-state index is 11.6. The number of carboxylic acids is 1. The Morgan fingerprint density at radius 3 is 2.21 bits per heavy atom. The largest absolute Gasteiger partial charge is 0.560 e. The van der Waals surface area contributed by atoms with Crippen LogP contribution in [0.3, 0.4) is 0 Å². The Balaban J connectivity index is 0.000000274. The summed E-state index contributed by atoms with van der Waals surface area (Å²) in [4.78, 5) is 45.5. The normalized spacial score (nSPS) is 14.7. The van der Waals surface area contributed by atoms with Crippen LogP contribution in [0.25, 0.3) is 0 Å². The highest BCUT2D eigenvalue weighted by Gasteiger charge is 2.34. The first kappa shape index (κ1) is 31.8. The first-order valence-corrected chi connectivity index (χ1v) is 13.1. The van der Waals surface area contributed by atoms with Gasteiger partial charge in [0.15, 0.2) is 5.78 Å².